The van der Waals surface area contributed by atoms with Crippen LogP contribution in [0, 0.1) is 0 Å². The van der Waals surface area contributed by atoms with Crippen molar-refractivity contribution in [1.29, 1.82) is 0 Å². The van der Waals surface area contributed by atoms with Gasteiger partial charge in [-0.2, -0.15) is 4.99 Å². The fourth-order valence-electron chi connectivity index (χ4n) is 2.01. The zero-order valence-corrected chi connectivity index (χ0v) is 14.1. The highest BCUT2D eigenvalue weighted by atomic mass is 35.5. The Morgan fingerprint density at radius 3 is 2.08 bits per heavy atom. The third-order valence-electron chi connectivity index (χ3n) is 2.97. The minimum Gasteiger partial charge on any atom is -0.406 e. The Morgan fingerprint density at radius 1 is 1.04 bits per heavy atom. The molecule has 1 fully saturated rings. The molecule has 1 aliphatic rings. The fourth-order valence-corrected chi connectivity index (χ4v) is 2.01. The molecule has 1 heterocycles. The summed E-state index contributed by atoms with van der Waals surface area (Å²) in [4.78, 5) is 9.84. The van der Waals surface area contributed by atoms with Crippen LogP contribution in [0.4, 0.5) is 18.9 Å². The summed E-state index contributed by atoms with van der Waals surface area (Å²) in [5.74, 6) is -0.102. The van der Waals surface area contributed by atoms with Crippen LogP contribution in [0.5, 0.6) is 5.75 Å². The van der Waals surface area contributed by atoms with Crippen molar-refractivity contribution < 1.29 is 17.9 Å². The van der Waals surface area contributed by atoms with E-state index in [1.807, 2.05) is 4.90 Å². The molecule has 1 saturated heterocycles. The monoisotopic (exact) mass is 387 g/mol. The van der Waals surface area contributed by atoms with Crippen LogP contribution >= 0.6 is 24.8 Å². The molecule has 0 saturated carbocycles. The molecule has 6 nitrogen and oxygen atoms in total. The van der Waals surface area contributed by atoms with Gasteiger partial charge >= 0.3 is 6.36 Å². The van der Waals surface area contributed by atoms with Crippen LogP contribution in [0.2, 0.25) is 0 Å². The van der Waals surface area contributed by atoms with E-state index in [1.165, 1.54) is 12.1 Å². The maximum Gasteiger partial charge on any atom is 0.573 e. The second-order valence-corrected chi connectivity index (χ2v) is 4.68. The molecule has 11 heteroatoms. The second-order valence-electron chi connectivity index (χ2n) is 4.68. The minimum atomic E-state index is -4.72. The SMILES string of the molecule is Cl.Cl.NC(=Nc1ccc(OC(F)(F)F)cc1)/N=C(/N)N1CCCC1. The maximum atomic E-state index is 12.0. The molecule has 0 radical (unpaired) electrons. The zero-order valence-electron chi connectivity index (χ0n) is 12.5. The molecule has 0 amide bonds. The molecule has 4 N–H and O–H groups in total. The minimum absolute atomic E-state index is 0. The van der Waals surface area contributed by atoms with Crippen LogP contribution in [0.3, 0.4) is 0 Å². The molecule has 0 aliphatic carbocycles. The van der Waals surface area contributed by atoms with Crippen LogP contribution in [-0.2, 0) is 0 Å². The van der Waals surface area contributed by atoms with E-state index in [0.29, 0.717) is 5.69 Å². The van der Waals surface area contributed by atoms with Gasteiger partial charge in [0.15, 0.2) is 5.96 Å². The summed E-state index contributed by atoms with van der Waals surface area (Å²) in [7, 11) is 0. The number of nitrogens with zero attached hydrogens (tertiary/aromatic N) is 3. The third-order valence-corrected chi connectivity index (χ3v) is 2.97. The van der Waals surface area contributed by atoms with Gasteiger partial charge in [0.25, 0.3) is 0 Å². The molecular weight excluding hydrogens is 370 g/mol. The smallest absolute Gasteiger partial charge is 0.406 e. The number of benzene rings is 1. The third kappa shape index (κ3) is 7.14. The summed E-state index contributed by atoms with van der Waals surface area (Å²) >= 11 is 0. The molecule has 1 aliphatic heterocycles. The van der Waals surface area contributed by atoms with Gasteiger partial charge in [-0.25, -0.2) is 4.99 Å². The lowest BCUT2D eigenvalue weighted by Crippen LogP contribution is -2.36. The normalized spacial score (nSPS) is 15.5. The Morgan fingerprint density at radius 2 is 1.58 bits per heavy atom. The van der Waals surface area contributed by atoms with Gasteiger partial charge in [0.2, 0.25) is 5.96 Å². The van der Waals surface area contributed by atoms with Gasteiger partial charge < -0.3 is 21.1 Å². The first-order valence-electron chi connectivity index (χ1n) is 6.62. The Kier molecular flexibility index (Phi) is 8.70. The lowest BCUT2D eigenvalue weighted by molar-refractivity contribution is -0.274. The second kappa shape index (κ2) is 9.43. The number of aliphatic imine (C=N–C) groups is 2. The molecule has 0 unspecified atom stereocenters. The standard InChI is InChI=1S/C13H16F3N5O.2ClH/c14-13(15,16)22-10-5-3-9(4-6-10)19-11(17)20-12(18)21-7-1-2-8-21;;/h3-6H,1-2,7-8H2,(H4,17,18,19,20);2*1H. The van der Waals surface area contributed by atoms with E-state index < -0.39 is 6.36 Å². The van der Waals surface area contributed by atoms with Gasteiger partial charge in [-0.05, 0) is 37.1 Å². The van der Waals surface area contributed by atoms with Crippen LogP contribution in [0.1, 0.15) is 12.8 Å². The van der Waals surface area contributed by atoms with Gasteiger partial charge in [-0.15, -0.1) is 38.0 Å². The number of hydrogen-bond acceptors (Lipinski definition) is 2. The van der Waals surface area contributed by atoms with Crippen LogP contribution in [0.15, 0.2) is 34.3 Å². The van der Waals surface area contributed by atoms with Crippen molar-refractivity contribution in [2.75, 3.05) is 13.1 Å². The van der Waals surface area contributed by atoms with E-state index in [2.05, 4.69) is 14.7 Å². The van der Waals surface area contributed by atoms with E-state index >= 15 is 0 Å². The van der Waals surface area contributed by atoms with Crippen molar-refractivity contribution in [3.8, 4) is 5.75 Å². The van der Waals surface area contributed by atoms with Gasteiger partial charge in [-0.1, -0.05) is 0 Å². The van der Waals surface area contributed by atoms with Crippen molar-refractivity contribution in [2.45, 2.75) is 19.2 Å². The summed E-state index contributed by atoms with van der Waals surface area (Å²) in [6, 6.07) is 4.98. The molecule has 0 bridgehead atoms. The number of halogens is 5. The predicted molar refractivity (Wildman–Crippen MR) is 91.3 cm³/mol. The largest absolute Gasteiger partial charge is 0.573 e. The van der Waals surface area contributed by atoms with Crippen LogP contribution in [0.25, 0.3) is 0 Å². The zero-order chi connectivity index (χ0) is 16.2. The van der Waals surface area contributed by atoms with Crippen molar-refractivity contribution in [3.05, 3.63) is 24.3 Å². The van der Waals surface area contributed by atoms with E-state index in [1.54, 1.807) is 0 Å². The quantitative estimate of drug-likeness (QED) is 0.602. The summed E-state index contributed by atoms with van der Waals surface area (Å²) in [5.41, 5.74) is 11.8. The molecular formula is C13H18Cl2F3N5O. The number of alkyl halides is 3. The first-order chi connectivity index (χ1) is 10.3. The van der Waals surface area contributed by atoms with E-state index in [0.717, 1.165) is 38.1 Å². The molecule has 0 aromatic heterocycles. The first kappa shape index (κ1) is 22.1. The Balaban J connectivity index is 0.00000264. The number of nitrogens with two attached hydrogens (primary N) is 2. The summed E-state index contributed by atoms with van der Waals surface area (Å²) in [6.45, 7) is 1.65. The fraction of sp³-hybridized carbons (Fsp3) is 0.385. The van der Waals surface area contributed by atoms with Crippen molar-refractivity contribution >= 4 is 42.4 Å². The highest BCUT2D eigenvalue weighted by Gasteiger charge is 2.30. The first-order valence-corrected chi connectivity index (χ1v) is 6.62. The topological polar surface area (TPSA) is 89.2 Å². The van der Waals surface area contributed by atoms with Crippen molar-refractivity contribution in [1.82, 2.24) is 4.90 Å². The molecule has 136 valence electrons. The van der Waals surface area contributed by atoms with Gasteiger partial charge in [0.1, 0.15) is 5.75 Å². The summed E-state index contributed by atoms with van der Waals surface area (Å²) in [5, 5.41) is 0. The number of rotatable bonds is 2. The van der Waals surface area contributed by atoms with E-state index in [-0.39, 0.29) is 42.5 Å². The molecule has 0 atom stereocenters. The molecule has 2 rings (SSSR count). The Hall–Kier alpha value is -1.87. The van der Waals surface area contributed by atoms with E-state index in [9.17, 15) is 13.2 Å². The molecule has 1 aromatic rings. The Labute approximate surface area is 149 Å². The maximum absolute atomic E-state index is 12.0. The van der Waals surface area contributed by atoms with Crippen LogP contribution in [-0.4, -0.2) is 36.3 Å². The number of ether oxygens (including phenoxy) is 1. The van der Waals surface area contributed by atoms with Gasteiger partial charge in [0, 0.05) is 13.1 Å². The summed E-state index contributed by atoms with van der Waals surface area (Å²) < 4.78 is 39.9. The van der Waals surface area contributed by atoms with Gasteiger partial charge in [0.05, 0.1) is 5.69 Å². The predicted octanol–water partition coefficient (Wildman–Crippen LogP) is 2.79. The highest BCUT2D eigenvalue weighted by Crippen LogP contribution is 2.24. The number of guanidine groups is 2. The van der Waals surface area contributed by atoms with E-state index in [4.69, 9.17) is 11.5 Å². The van der Waals surface area contributed by atoms with Crippen molar-refractivity contribution in [2.24, 2.45) is 21.5 Å². The van der Waals surface area contributed by atoms with Gasteiger partial charge in [-0.3, -0.25) is 0 Å². The lowest BCUT2D eigenvalue weighted by Gasteiger charge is -2.15. The van der Waals surface area contributed by atoms with Crippen LogP contribution < -0.4 is 16.2 Å². The summed E-state index contributed by atoms with van der Waals surface area (Å²) in [6.07, 6.45) is -2.62. The Bertz CT molecular complexity index is 572. The average Bonchev–Trinajstić information content (AvgIpc) is 2.93. The number of hydrogen-bond donors (Lipinski definition) is 2. The highest BCUT2D eigenvalue weighted by molar-refractivity contribution is 5.94. The number of likely N-dealkylation sites (tertiary alicyclic amines) is 1. The molecule has 0 spiro atoms. The lowest BCUT2D eigenvalue weighted by atomic mass is 10.3. The average molecular weight is 388 g/mol. The van der Waals surface area contributed by atoms with Crippen molar-refractivity contribution in [3.63, 3.8) is 0 Å². The molecule has 24 heavy (non-hydrogen) atoms. The molecule has 1 aromatic carbocycles.